The van der Waals surface area contributed by atoms with E-state index in [-0.39, 0.29) is 11.9 Å². The molecule has 1 rings (SSSR count). The third kappa shape index (κ3) is 2.45. The van der Waals surface area contributed by atoms with E-state index in [0.29, 0.717) is 24.3 Å². The van der Waals surface area contributed by atoms with Gasteiger partial charge in [0, 0.05) is 11.6 Å². The van der Waals surface area contributed by atoms with Gasteiger partial charge in [0.05, 0.1) is 6.61 Å². The molecule has 0 saturated carbocycles. The number of nitrogens with two attached hydrogens (primary N) is 1. The molecule has 1 unspecified atom stereocenters. The number of hydrogen-bond donors (Lipinski definition) is 1. The highest BCUT2D eigenvalue weighted by Crippen LogP contribution is 2.23. The summed E-state index contributed by atoms with van der Waals surface area (Å²) in [6.07, 6.45) is 0.715. The van der Waals surface area contributed by atoms with Crippen molar-refractivity contribution in [3.8, 4) is 5.75 Å². The average Bonchev–Trinajstić information content (AvgIpc) is 2.20. The van der Waals surface area contributed by atoms with Gasteiger partial charge in [-0.3, -0.25) is 0 Å². The molecule has 0 aromatic heterocycles. The Morgan fingerprint density at radius 2 is 2.14 bits per heavy atom. The lowest BCUT2D eigenvalue weighted by Gasteiger charge is -2.12. The van der Waals surface area contributed by atoms with Crippen LogP contribution in [0, 0.1) is 5.82 Å². The smallest absolute Gasteiger partial charge is 0.128 e. The highest BCUT2D eigenvalue weighted by Gasteiger charge is 2.10. The zero-order valence-corrected chi connectivity index (χ0v) is 8.59. The lowest BCUT2D eigenvalue weighted by molar-refractivity contribution is 0.338. The van der Waals surface area contributed by atoms with Crippen LogP contribution >= 0.6 is 0 Å². The summed E-state index contributed by atoms with van der Waals surface area (Å²) in [4.78, 5) is 0. The Labute approximate surface area is 83.9 Å². The van der Waals surface area contributed by atoms with E-state index in [1.165, 1.54) is 6.07 Å². The van der Waals surface area contributed by atoms with Crippen molar-refractivity contribution in [1.29, 1.82) is 0 Å². The maximum atomic E-state index is 13.3. The van der Waals surface area contributed by atoms with Crippen molar-refractivity contribution in [3.63, 3.8) is 0 Å². The van der Waals surface area contributed by atoms with Gasteiger partial charge in [0.2, 0.25) is 0 Å². The second-order valence-electron chi connectivity index (χ2n) is 3.13. The van der Waals surface area contributed by atoms with Crippen LogP contribution in [0.3, 0.4) is 0 Å². The summed E-state index contributed by atoms with van der Waals surface area (Å²) in [5, 5.41) is 0. The highest BCUT2D eigenvalue weighted by atomic mass is 19.1. The Kier molecular flexibility index (Phi) is 3.89. The van der Waals surface area contributed by atoms with Crippen molar-refractivity contribution >= 4 is 0 Å². The summed E-state index contributed by atoms with van der Waals surface area (Å²) in [5.74, 6) is 0.413. The molecule has 0 saturated heterocycles. The molecule has 0 aliphatic heterocycles. The topological polar surface area (TPSA) is 35.2 Å². The Morgan fingerprint density at radius 3 is 2.71 bits per heavy atom. The first-order valence-electron chi connectivity index (χ1n) is 4.86. The molecule has 0 aliphatic rings. The number of ether oxygens (including phenoxy) is 1. The van der Waals surface area contributed by atoms with Crippen LogP contribution in [0.5, 0.6) is 5.75 Å². The monoisotopic (exact) mass is 197 g/mol. The zero-order valence-electron chi connectivity index (χ0n) is 8.59. The van der Waals surface area contributed by atoms with Crippen molar-refractivity contribution in [2.24, 2.45) is 5.73 Å². The van der Waals surface area contributed by atoms with Crippen molar-refractivity contribution in [2.45, 2.75) is 26.3 Å². The van der Waals surface area contributed by atoms with Gasteiger partial charge < -0.3 is 10.5 Å². The van der Waals surface area contributed by atoms with Gasteiger partial charge in [0.15, 0.2) is 0 Å². The molecular weight excluding hydrogens is 181 g/mol. The molecule has 0 amide bonds. The number of halogens is 1. The Bertz CT molecular complexity index is 301. The van der Waals surface area contributed by atoms with E-state index >= 15 is 0 Å². The van der Waals surface area contributed by atoms with E-state index in [1.54, 1.807) is 12.1 Å². The fraction of sp³-hybridized carbons (Fsp3) is 0.455. The minimum Gasteiger partial charge on any atom is -0.494 e. The summed E-state index contributed by atoms with van der Waals surface area (Å²) in [6.45, 7) is 4.40. The van der Waals surface area contributed by atoms with Crippen LogP contribution in [-0.4, -0.2) is 6.61 Å². The maximum Gasteiger partial charge on any atom is 0.128 e. The predicted molar refractivity (Wildman–Crippen MR) is 54.8 cm³/mol. The van der Waals surface area contributed by atoms with Crippen LogP contribution in [0.15, 0.2) is 18.2 Å². The number of rotatable bonds is 4. The standard InChI is InChI=1S/C11H16FNO/c1-3-11(13)9-7-8(14-4-2)5-6-10(9)12/h5-7,11H,3-4,13H2,1-2H3. The fourth-order valence-corrected chi connectivity index (χ4v) is 1.28. The minimum absolute atomic E-state index is 0.254. The second kappa shape index (κ2) is 4.96. The highest BCUT2D eigenvalue weighted by molar-refractivity contribution is 5.31. The lowest BCUT2D eigenvalue weighted by Crippen LogP contribution is -2.11. The van der Waals surface area contributed by atoms with Gasteiger partial charge >= 0.3 is 0 Å². The number of benzene rings is 1. The van der Waals surface area contributed by atoms with Crippen molar-refractivity contribution in [3.05, 3.63) is 29.6 Å². The molecule has 0 fully saturated rings. The van der Waals surface area contributed by atoms with Gasteiger partial charge in [-0.15, -0.1) is 0 Å². The molecule has 2 N–H and O–H groups in total. The molecule has 78 valence electrons. The maximum absolute atomic E-state index is 13.3. The van der Waals surface area contributed by atoms with Crippen LogP contribution in [0.4, 0.5) is 4.39 Å². The summed E-state index contributed by atoms with van der Waals surface area (Å²) in [6, 6.07) is 4.43. The van der Waals surface area contributed by atoms with Crippen molar-refractivity contribution < 1.29 is 9.13 Å². The summed E-state index contributed by atoms with van der Waals surface area (Å²) in [7, 11) is 0. The Hall–Kier alpha value is -1.09. The lowest BCUT2D eigenvalue weighted by atomic mass is 10.0. The average molecular weight is 197 g/mol. The van der Waals surface area contributed by atoms with Crippen LogP contribution in [0.2, 0.25) is 0 Å². The van der Waals surface area contributed by atoms with E-state index < -0.39 is 0 Å². The van der Waals surface area contributed by atoms with Crippen LogP contribution in [0.1, 0.15) is 31.9 Å². The summed E-state index contributed by atoms with van der Waals surface area (Å²) >= 11 is 0. The Balaban J connectivity index is 2.95. The first-order valence-corrected chi connectivity index (χ1v) is 4.86. The molecule has 0 heterocycles. The van der Waals surface area contributed by atoms with E-state index in [0.717, 1.165) is 0 Å². The van der Waals surface area contributed by atoms with E-state index in [1.807, 2.05) is 13.8 Å². The molecule has 1 atom stereocenters. The van der Waals surface area contributed by atoms with Crippen LogP contribution < -0.4 is 10.5 Å². The molecule has 0 spiro atoms. The molecule has 3 heteroatoms. The van der Waals surface area contributed by atoms with Gasteiger partial charge in [0.25, 0.3) is 0 Å². The summed E-state index contributed by atoms with van der Waals surface area (Å²) < 4.78 is 18.6. The van der Waals surface area contributed by atoms with Gasteiger partial charge in [-0.1, -0.05) is 6.92 Å². The molecule has 0 aliphatic carbocycles. The normalized spacial score (nSPS) is 12.6. The predicted octanol–water partition coefficient (Wildman–Crippen LogP) is 2.63. The van der Waals surface area contributed by atoms with Gasteiger partial charge in [0.1, 0.15) is 11.6 Å². The van der Waals surface area contributed by atoms with Crippen LogP contribution in [-0.2, 0) is 0 Å². The largest absolute Gasteiger partial charge is 0.494 e. The van der Waals surface area contributed by atoms with E-state index in [2.05, 4.69) is 0 Å². The number of hydrogen-bond acceptors (Lipinski definition) is 2. The van der Waals surface area contributed by atoms with E-state index in [9.17, 15) is 4.39 Å². The quantitative estimate of drug-likeness (QED) is 0.805. The second-order valence-corrected chi connectivity index (χ2v) is 3.13. The minimum atomic E-state index is -0.261. The summed E-state index contributed by atoms with van der Waals surface area (Å²) in [5.41, 5.74) is 6.29. The van der Waals surface area contributed by atoms with Gasteiger partial charge in [-0.2, -0.15) is 0 Å². The SMILES string of the molecule is CCOc1ccc(F)c(C(N)CC)c1. The molecular formula is C11H16FNO. The zero-order chi connectivity index (χ0) is 10.6. The Morgan fingerprint density at radius 1 is 1.43 bits per heavy atom. The first kappa shape index (κ1) is 11.0. The van der Waals surface area contributed by atoms with Crippen molar-refractivity contribution in [1.82, 2.24) is 0 Å². The van der Waals surface area contributed by atoms with Gasteiger partial charge in [-0.05, 0) is 31.5 Å². The molecule has 0 bridgehead atoms. The van der Waals surface area contributed by atoms with Crippen LogP contribution in [0.25, 0.3) is 0 Å². The molecule has 0 radical (unpaired) electrons. The van der Waals surface area contributed by atoms with Gasteiger partial charge in [-0.25, -0.2) is 4.39 Å². The molecule has 14 heavy (non-hydrogen) atoms. The molecule has 1 aromatic rings. The third-order valence-corrected chi connectivity index (χ3v) is 2.12. The van der Waals surface area contributed by atoms with E-state index in [4.69, 9.17) is 10.5 Å². The third-order valence-electron chi connectivity index (χ3n) is 2.12. The molecule has 2 nitrogen and oxygen atoms in total. The molecule has 1 aromatic carbocycles. The first-order chi connectivity index (χ1) is 6.69. The fourth-order valence-electron chi connectivity index (χ4n) is 1.28. The van der Waals surface area contributed by atoms with Crippen molar-refractivity contribution in [2.75, 3.05) is 6.61 Å².